The number of hydrogen-bond acceptors (Lipinski definition) is 2. The van der Waals surface area contributed by atoms with Gasteiger partial charge in [-0.1, -0.05) is 49.7 Å². The maximum Gasteiger partial charge on any atom is 0.0662 e. The molecule has 0 amide bonds. The molecule has 0 aliphatic carbocycles. The van der Waals surface area contributed by atoms with Crippen LogP contribution >= 0.6 is 0 Å². The van der Waals surface area contributed by atoms with Crippen molar-refractivity contribution in [3.05, 3.63) is 48.0 Å². The quantitative estimate of drug-likeness (QED) is 0.847. The zero-order chi connectivity index (χ0) is 13.7. The third kappa shape index (κ3) is 3.79. The summed E-state index contributed by atoms with van der Waals surface area (Å²) in [6, 6.07) is 14.7. The van der Waals surface area contributed by atoms with Gasteiger partial charge in [0.1, 0.15) is 0 Å². The van der Waals surface area contributed by atoms with Crippen molar-refractivity contribution in [2.45, 2.75) is 38.8 Å². The van der Waals surface area contributed by atoms with Crippen LogP contribution in [-0.4, -0.2) is 12.7 Å². The molecular weight excluding hydrogens is 234 g/mol. The molecule has 2 unspecified atom stereocenters. The van der Waals surface area contributed by atoms with Crippen molar-refractivity contribution in [1.29, 1.82) is 0 Å². The van der Waals surface area contributed by atoms with Crippen LogP contribution in [0.5, 0.6) is 0 Å². The van der Waals surface area contributed by atoms with E-state index in [4.69, 9.17) is 10.5 Å². The number of fused-ring (bicyclic) bond motifs is 1. The van der Waals surface area contributed by atoms with E-state index in [2.05, 4.69) is 56.3 Å². The summed E-state index contributed by atoms with van der Waals surface area (Å²) in [6.45, 7) is 4.86. The summed E-state index contributed by atoms with van der Waals surface area (Å²) in [6.07, 6.45) is 2.52. The molecule has 2 rings (SSSR count). The van der Waals surface area contributed by atoms with Crippen molar-refractivity contribution in [3.8, 4) is 0 Å². The molecule has 0 spiro atoms. The molecule has 2 aromatic carbocycles. The molecular formula is C17H23NO. The topological polar surface area (TPSA) is 35.2 Å². The first-order valence-corrected chi connectivity index (χ1v) is 7.06. The number of ether oxygens (including phenoxy) is 1. The molecule has 0 heterocycles. The molecule has 2 atom stereocenters. The highest BCUT2D eigenvalue weighted by Crippen LogP contribution is 2.20. The van der Waals surface area contributed by atoms with Gasteiger partial charge < -0.3 is 10.5 Å². The summed E-state index contributed by atoms with van der Waals surface area (Å²) < 4.78 is 5.79. The van der Waals surface area contributed by atoms with Gasteiger partial charge in [0.25, 0.3) is 0 Å². The zero-order valence-electron chi connectivity index (χ0n) is 11.8. The minimum Gasteiger partial charge on any atom is -0.377 e. The van der Waals surface area contributed by atoms with E-state index >= 15 is 0 Å². The smallest absolute Gasteiger partial charge is 0.0662 e. The van der Waals surface area contributed by atoms with Crippen LogP contribution in [0.15, 0.2) is 42.5 Å². The van der Waals surface area contributed by atoms with Gasteiger partial charge in [0.05, 0.1) is 18.8 Å². The van der Waals surface area contributed by atoms with Crippen LogP contribution in [0.4, 0.5) is 0 Å². The fourth-order valence-electron chi connectivity index (χ4n) is 2.29. The van der Waals surface area contributed by atoms with Crippen molar-refractivity contribution in [2.75, 3.05) is 6.61 Å². The van der Waals surface area contributed by atoms with E-state index in [9.17, 15) is 0 Å². The summed E-state index contributed by atoms with van der Waals surface area (Å²) in [5.74, 6) is 0. The summed E-state index contributed by atoms with van der Waals surface area (Å²) in [4.78, 5) is 0. The Kier molecular flexibility index (Phi) is 4.94. The lowest BCUT2D eigenvalue weighted by molar-refractivity contribution is 0.0503. The van der Waals surface area contributed by atoms with E-state index in [1.165, 1.54) is 10.8 Å². The van der Waals surface area contributed by atoms with Crippen LogP contribution in [0.2, 0.25) is 0 Å². The highest BCUT2D eigenvalue weighted by molar-refractivity contribution is 5.83. The minimum atomic E-state index is -0.0519. The van der Waals surface area contributed by atoms with Gasteiger partial charge in [0.2, 0.25) is 0 Å². The molecule has 0 bridgehead atoms. The van der Waals surface area contributed by atoms with Gasteiger partial charge in [0.15, 0.2) is 0 Å². The van der Waals surface area contributed by atoms with Crippen LogP contribution in [0.1, 0.15) is 38.3 Å². The highest BCUT2D eigenvalue weighted by atomic mass is 16.5. The Bertz CT molecular complexity index is 523. The first-order chi connectivity index (χ1) is 9.20. The Morgan fingerprint density at radius 2 is 1.84 bits per heavy atom. The average Bonchev–Trinajstić information content (AvgIpc) is 2.44. The molecule has 0 aliphatic heterocycles. The van der Waals surface area contributed by atoms with Gasteiger partial charge in [-0.05, 0) is 35.7 Å². The van der Waals surface area contributed by atoms with Gasteiger partial charge in [-0.25, -0.2) is 0 Å². The molecule has 2 N–H and O–H groups in total. The fourth-order valence-corrected chi connectivity index (χ4v) is 2.29. The third-order valence-electron chi connectivity index (χ3n) is 3.46. The Morgan fingerprint density at radius 3 is 2.58 bits per heavy atom. The van der Waals surface area contributed by atoms with Crippen LogP contribution in [-0.2, 0) is 4.74 Å². The number of rotatable bonds is 6. The van der Waals surface area contributed by atoms with Gasteiger partial charge in [-0.15, -0.1) is 0 Å². The Morgan fingerprint density at radius 1 is 1.11 bits per heavy atom. The fraction of sp³-hybridized carbons (Fsp3) is 0.412. The predicted molar refractivity (Wildman–Crippen MR) is 81.2 cm³/mol. The molecule has 2 aromatic rings. The lowest BCUT2D eigenvalue weighted by atomic mass is 10.0. The maximum absolute atomic E-state index is 6.21. The maximum atomic E-state index is 6.21. The molecule has 102 valence electrons. The Labute approximate surface area is 115 Å². The monoisotopic (exact) mass is 257 g/mol. The van der Waals surface area contributed by atoms with Crippen LogP contribution in [0.3, 0.4) is 0 Å². The Balaban J connectivity index is 2.02. The molecule has 0 saturated carbocycles. The van der Waals surface area contributed by atoms with E-state index in [1.807, 2.05) is 0 Å². The van der Waals surface area contributed by atoms with Crippen molar-refractivity contribution < 1.29 is 4.74 Å². The van der Waals surface area contributed by atoms with E-state index < -0.39 is 0 Å². The first-order valence-electron chi connectivity index (χ1n) is 7.06. The summed E-state index contributed by atoms with van der Waals surface area (Å²) in [5.41, 5.74) is 7.35. The lowest BCUT2D eigenvalue weighted by Gasteiger charge is -2.17. The second-order valence-electron chi connectivity index (χ2n) is 5.15. The van der Waals surface area contributed by atoms with Crippen molar-refractivity contribution >= 4 is 10.8 Å². The second-order valence-corrected chi connectivity index (χ2v) is 5.15. The van der Waals surface area contributed by atoms with Crippen LogP contribution in [0, 0.1) is 0 Å². The average molecular weight is 257 g/mol. The third-order valence-corrected chi connectivity index (χ3v) is 3.46. The number of benzene rings is 2. The van der Waals surface area contributed by atoms with E-state index in [1.54, 1.807) is 0 Å². The minimum absolute atomic E-state index is 0.0519. The summed E-state index contributed by atoms with van der Waals surface area (Å²) in [7, 11) is 0. The van der Waals surface area contributed by atoms with E-state index in [0.29, 0.717) is 6.61 Å². The van der Waals surface area contributed by atoms with Crippen molar-refractivity contribution in [3.63, 3.8) is 0 Å². The molecule has 2 heteroatoms. The number of nitrogens with two attached hydrogens (primary N) is 1. The summed E-state index contributed by atoms with van der Waals surface area (Å²) in [5, 5.41) is 2.48. The zero-order valence-corrected chi connectivity index (χ0v) is 11.8. The molecule has 0 aromatic heterocycles. The van der Waals surface area contributed by atoms with Crippen LogP contribution in [0.25, 0.3) is 10.8 Å². The second kappa shape index (κ2) is 6.69. The lowest BCUT2D eigenvalue weighted by Crippen LogP contribution is -2.20. The summed E-state index contributed by atoms with van der Waals surface area (Å²) >= 11 is 0. The SMILES string of the molecule is CCCC(C)OCC(N)c1ccc2ccccc2c1. The molecule has 2 nitrogen and oxygen atoms in total. The largest absolute Gasteiger partial charge is 0.377 e. The van der Waals surface area contributed by atoms with Crippen molar-refractivity contribution in [1.82, 2.24) is 0 Å². The molecule has 0 fully saturated rings. The van der Waals surface area contributed by atoms with Gasteiger partial charge >= 0.3 is 0 Å². The van der Waals surface area contributed by atoms with E-state index in [-0.39, 0.29) is 12.1 Å². The van der Waals surface area contributed by atoms with Gasteiger partial charge in [-0.3, -0.25) is 0 Å². The van der Waals surface area contributed by atoms with E-state index in [0.717, 1.165) is 18.4 Å². The standard InChI is InChI=1S/C17H23NO/c1-3-6-13(2)19-12-17(18)16-10-9-14-7-4-5-8-15(14)11-16/h4-5,7-11,13,17H,3,6,12,18H2,1-2H3. The van der Waals surface area contributed by atoms with Gasteiger partial charge in [0, 0.05) is 0 Å². The number of hydrogen-bond donors (Lipinski definition) is 1. The highest BCUT2D eigenvalue weighted by Gasteiger charge is 2.09. The normalized spacial score (nSPS) is 14.5. The molecule has 0 aliphatic rings. The van der Waals surface area contributed by atoms with Crippen LogP contribution < -0.4 is 5.73 Å². The molecule has 19 heavy (non-hydrogen) atoms. The van der Waals surface area contributed by atoms with Crippen molar-refractivity contribution in [2.24, 2.45) is 5.73 Å². The van der Waals surface area contributed by atoms with Gasteiger partial charge in [-0.2, -0.15) is 0 Å². The first kappa shape index (κ1) is 14.0. The Hall–Kier alpha value is -1.38. The molecule has 0 saturated heterocycles. The molecule has 0 radical (unpaired) electrons. The predicted octanol–water partition coefficient (Wildman–Crippen LogP) is 4.04.